The van der Waals surface area contributed by atoms with E-state index in [1.807, 2.05) is 0 Å². The molecule has 16 heavy (non-hydrogen) atoms. The Balaban J connectivity index is 3.47. The van der Waals surface area contributed by atoms with Gasteiger partial charge in [0, 0.05) is 0 Å². The molecule has 1 aromatic carbocycles. The third kappa shape index (κ3) is 2.58. The predicted octanol–water partition coefficient (Wildman–Crippen LogP) is 1.79. The third-order valence-electron chi connectivity index (χ3n) is 1.65. The van der Waals surface area contributed by atoms with Crippen molar-refractivity contribution in [3.05, 3.63) is 29.3 Å². The van der Waals surface area contributed by atoms with Gasteiger partial charge in [-0.25, -0.2) is 8.78 Å². The van der Waals surface area contributed by atoms with E-state index in [-0.39, 0.29) is 12.1 Å². The summed E-state index contributed by atoms with van der Waals surface area (Å²) in [6.45, 7) is 0. The van der Waals surface area contributed by atoms with Crippen LogP contribution < -0.4 is 5.30 Å². The van der Waals surface area contributed by atoms with Crippen LogP contribution >= 0.6 is 7.60 Å². The molecule has 0 aromatic heterocycles. The van der Waals surface area contributed by atoms with E-state index in [4.69, 9.17) is 9.79 Å². The first kappa shape index (κ1) is 13.1. The lowest BCUT2D eigenvalue weighted by atomic mass is 10.2. The summed E-state index contributed by atoms with van der Waals surface area (Å²) in [7, 11) is -4.99. The second kappa shape index (κ2) is 3.80. The molecule has 1 aromatic rings. The van der Waals surface area contributed by atoms with Crippen molar-refractivity contribution in [3.63, 3.8) is 0 Å². The zero-order valence-corrected chi connectivity index (χ0v) is 8.19. The molecule has 0 aliphatic carbocycles. The Labute approximate surface area is 85.7 Å². The van der Waals surface area contributed by atoms with E-state index in [2.05, 4.69) is 0 Å². The SMILES string of the molecule is O=P(O)(O)c1cc(F)c(C(F)(F)F)c(F)c1. The van der Waals surface area contributed by atoms with Gasteiger partial charge in [0.1, 0.15) is 17.2 Å². The van der Waals surface area contributed by atoms with Gasteiger partial charge in [-0.3, -0.25) is 4.57 Å². The second-order valence-electron chi connectivity index (χ2n) is 2.83. The number of halogens is 5. The molecule has 0 unspecified atom stereocenters. The van der Waals surface area contributed by atoms with Crippen LogP contribution in [-0.2, 0) is 10.7 Å². The minimum atomic E-state index is -5.26. The second-order valence-corrected chi connectivity index (χ2v) is 4.43. The highest BCUT2D eigenvalue weighted by Crippen LogP contribution is 2.37. The summed E-state index contributed by atoms with van der Waals surface area (Å²) in [6, 6.07) is -0.0701. The van der Waals surface area contributed by atoms with Crippen LogP contribution in [0.2, 0.25) is 0 Å². The standard InChI is InChI=1S/C7H4F5O3P/c8-4-1-3(16(13,14)15)2-5(9)6(4)7(10,11)12/h1-2H,(H2,13,14,15). The minimum Gasteiger partial charge on any atom is -0.321 e. The molecule has 0 aliphatic heterocycles. The van der Waals surface area contributed by atoms with Gasteiger partial charge >= 0.3 is 13.8 Å². The van der Waals surface area contributed by atoms with Gasteiger partial charge in [0.2, 0.25) is 0 Å². The Hall–Kier alpha value is -0.980. The normalized spacial score (nSPS) is 12.9. The summed E-state index contributed by atoms with van der Waals surface area (Å²) in [4.78, 5) is 17.1. The van der Waals surface area contributed by atoms with E-state index in [0.717, 1.165) is 0 Å². The number of hydrogen-bond acceptors (Lipinski definition) is 1. The van der Waals surface area contributed by atoms with Crippen molar-refractivity contribution in [1.82, 2.24) is 0 Å². The molecule has 0 aliphatic rings. The van der Waals surface area contributed by atoms with Crippen LogP contribution in [0.1, 0.15) is 5.56 Å². The molecule has 90 valence electrons. The molecule has 0 saturated carbocycles. The molecule has 0 fully saturated rings. The third-order valence-corrected chi connectivity index (χ3v) is 2.58. The molecule has 0 radical (unpaired) electrons. The highest BCUT2D eigenvalue weighted by Gasteiger charge is 2.39. The molecular formula is C7H4F5O3P. The van der Waals surface area contributed by atoms with Crippen molar-refractivity contribution < 1.29 is 36.3 Å². The molecule has 0 spiro atoms. The molecule has 0 heterocycles. The van der Waals surface area contributed by atoms with E-state index in [0.29, 0.717) is 0 Å². The van der Waals surface area contributed by atoms with Crippen molar-refractivity contribution >= 4 is 12.9 Å². The summed E-state index contributed by atoms with van der Waals surface area (Å²) < 4.78 is 72.4. The molecule has 0 atom stereocenters. The first-order chi connectivity index (χ1) is 7.03. The highest BCUT2D eigenvalue weighted by molar-refractivity contribution is 7.60. The van der Waals surface area contributed by atoms with Crippen molar-refractivity contribution in [3.8, 4) is 0 Å². The maximum absolute atomic E-state index is 12.8. The fraction of sp³-hybridized carbons (Fsp3) is 0.143. The van der Waals surface area contributed by atoms with E-state index in [9.17, 15) is 26.5 Å². The van der Waals surface area contributed by atoms with Gasteiger partial charge in [-0.15, -0.1) is 0 Å². The summed E-state index contributed by atoms with van der Waals surface area (Å²) in [5, 5.41) is -1.14. The largest absolute Gasteiger partial charge is 0.422 e. The van der Waals surface area contributed by atoms with E-state index < -0.39 is 36.3 Å². The van der Waals surface area contributed by atoms with Crippen LogP contribution in [0.25, 0.3) is 0 Å². The summed E-state index contributed by atoms with van der Waals surface area (Å²) in [6.07, 6.45) is -5.26. The van der Waals surface area contributed by atoms with Gasteiger partial charge in [0.05, 0.1) is 5.30 Å². The maximum atomic E-state index is 12.8. The molecule has 0 bridgehead atoms. The van der Waals surface area contributed by atoms with Gasteiger partial charge < -0.3 is 9.79 Å². The molecule has 3 nitrogen and oxygen atoms in total. The fourth-order valence-corrected chi connectivity index (χ4v) is 1.56. The minimum absolute atomic E-state index is 0.0350. The number of benzene rings is 1. The lowest BCUT2D eigenvalue weighted by molar-refractivity contribution is -0.142. The van der Waals surface area contributed by atoms with Crippen LogP contribution in [0.15, 0.2) is 12.1 Å². The number of alkyl halides is 3. The summed E-state index contributed by atoms with van der Waals surface area (Å²) in [5.74, 6) is -4.13. The Bertz CT molecular complexity index is 441. The van der Waals surface area contributed by atoms with Gasteiger partial charge in [-0.2, -0.15) is 13.2 Å². The van der Waals surface area contributed by atoms with Crippen molar-refractivity contribution in [2.24, 2.45) is 0 Å². The summed E-state index contributed by atoms with van der Waals surface area (Å²) in [5.41, 5.74) is -2.18. The fourth-order valence-electron chi connectivity index (χ4n) is 0.999. The van der Waals surface area contributed by atoms with E-state index >= 15 is 0 Å². The first-order valence-electron chi connectivity index (χ1n) is 3.66. The van der Waals surface area contributed by atoms with Gasteiger partial charge in [-0.05, 0) is 12.1 Å². The molecule has 0 saturated heterocycles. The van der Waals surface area contributed by atoms with Crippen LogP contribution in [0.3, 0.4) is 0 Å². The molecule has 1 rings (SSSR count). The molecule has 2 N–H and O–H groups in total. The molecule has 0 amide bonds. The number of rotatable bonds is 1. The Kier molecular flexibility index (Phi) is 3.11. The quantitative estimate of drug-likeness (QED) is 0.599. The predicted molar refractivity (Wildman–Crippen MR) is 43.0 cm³/mol. The Morgan fingerprint density at radius 3 is 1.69 bits per heavy atom. The Morgan fingerprint density at radius 1 is 1.06 bits per heavy atom. The van der Waals surface area contributed by atoms with Crippen LogP contribution in [0.5, 0.6) is 0 Å². The summed E-state index contributed by atoms with van der Waals surface area (Å²) >= 11 is 0. The monoisotopic (exact) mass is 262 g/mol. The lowest BCUT2D eigenvalue weighted by Crippen LogP contribution is -2.16. The van der Waals surface area contributed by atoms with Crippen LogP contribution in [-0.4, -0.2) is 9.79 Å². The molecule has 9 heteroatoms. The smallest absolute Gasteiger partial charge is 0.321 e. The van der Waals surface area contributed by atoms with Crippen molar-refractivity contribution in [1.29, 1.82) is 0 Å². The topological polar surface area (TPSA) is 57.5 Å². The zero-order chi connectivity index (χ0) is 12.7. The lowest BCUT2D eigenvalue weighted by Gasteiger charge is -2.11. The molecular weight excluding hydrogens is 258 g/mol. The maximum Gasteiger partial charge on any atom is 0.422 e. The average molecular weight is 262 g/mol. The van der Waals surface area contributed by atoms with Gasteiger partial charge in [-0.1, -0.05) is 0 Å². The van der Waals surface area contributed by atoms with Crippen molar-refractivity contribution in [2.45, 2.75) is 6.18 Å². The van der Waals surface area contributed by atoms with Gasteiger partial charge in [0.25, 0.3) is 0 Å². The van der Waals surface area contributed by atoms with E-state index in [1.165, 1.54) is 0 Å². The van der Waals surface area contributed by atoms with Crippen molar-refractivity contribution in [2.75, 3.05) is 0 Å². The highest BCUT2D eigenvalue weighted by atomic mass is 31.2. The number of hydrogen-bond donors (Lipinski definition) is 2. The first-order valence-corrected chi connectivity index (χ1v) is 5.27. The average Bonchev–Trinajstić information content (AvgIpc) is 1.97. The van der Waals surface area contributed by atoms with Gasteiger partial charge in [0.15, 0.2) is 0 Å². The van der Waals surface area contributed by atoms with Crippen LogP contribution in [0.4, 0.5) is 22.0 Å². The van der Waals surface area contributed by atoms with Crippen LogP contribution in [0, 0.1) is 11.6 Å². The van der Waals surface area contributed by atoms with E-state index in [1.54, 1.807) is 0 Å². The zero-order valence-electron chi connectivity index (χ0n) is 7.29. The Morgan fingerprint density at radius 2 is 1.44 bits per heavy atom.